The predicted octanol–water partition coefficient (Wildman–Crippen LogP) is 2.95. The first-order valence-electron chi connectivity index (χ1n) is 6.36. The predicted molar refractivity (Wildman–Crippen MR) is 67.7 cm³/mol. The van der Waals surface area contributed by atoms with E-state index in [1.807, 2.05) is 12.1 Å². The van der Waals surface area contributed by atoms with E-state index in [9.17, 15) is 5.11 Å². The summed E-state index contributed by atoms with van der Waals surface area (Å²) in [6.07, 6.45) is 3.28. The summed E-state index contributed by atoms with van der Waals surface area (Å²) in [7, 11) is 0. The molecule has 94 valence electrons. The third kappa shape index (κ3) is 3.20. The number of phenols is 1. The maximum atomic E-state index is 9.47. The van der Waals surface area contributed by atoms with E-state index in [0.717, 1.165) is 25.9 Å². The van der Waals surface area contributed by atoms with Crippen LogP contribution in [-0.4, -0.2) is 11.7 Å². The molecular formula is C14H21NO2. The summed E-state index contributed by atoms with van der Waals surface area (Å²) < 4.78 is 0. The summed E-state index contributed by atoms with van der Waals surface area (Å²) in [6, 6.07) is 5.88. The van der Waals surface area contributed by atoms with Crippen molar-refractivity contribution in [1.82, 2.24) is 5.48 Å². The second kappa shape index (κ2) is 5.52. The average Bonchev–Trinajstić information content (AvgIpc) is 2.28. The molecule has 2 rings (SSSR count). The number of hydrogen-bond acceptors (Lipinski definition) is 3. The van der Waals surface area contributed by atoms with E-state index in [-0.39, 0.29) is 6.04 Å². The van der Waals surface area contributed by atoms with Gasteiger partial charge in [0.1, 0.15) is 5.75 Å². The Balaban J connectivity index is 2.02. The Kier molecular flexibility index (Phi) is 4.02. The smallest absolute Gasteiger partial charge is 0.115 e. The molecule has 0 aliphatic heterocycles. The number of fused-ring (bicyclic) bond motifs is 1. The van der Waals surface area contributed by atoms with Crippen LogP contribution in [0.5, 0.6) is 5.75 Å². The highest BCUT2D eigenvalue weighted by molar-refractivity contribution is 5.38. The summed E-state index contributed by atoms with van der Waals surface area (Å²) >= 11 is 0. The minimum Gasteiger partial charge on any atom is -0.508 e. The van der Waals surface area contributed by atoms with E-state index in [2.05, 4.69) is 19.3 Å². The Labute approximate surface area is 103 Å². The summed E-state index contributed by atoms with van der Waals surface area (Å²) in [6.45, 7) is 4.99. The number of aromatic hydroxyl groups is 1. The third-order valence-corrected chi connectivity index (χ3v) is 3.08. The normalized spacial score (nSPS) is 19.4. The standard InChI is InChI=1S/C14H21NO2/c1-10(2)9-17-15-14-5-3-4-11-8-12(16)6-7-13(11)14/h6-8,10,14-16H,3-5,9H2,1-2H3. The van der Waals surface area contributed by atoms with Crippen molar-refractivity contribution in [2.75, 3.05) is 6.61 Å². The molecule has 0 amide bonds. The first-order chi connectivity index (χ1) is 8.16. The van der Waals surface area contributed by atoms with Crippen LogP contribution in [0.25, 0.3) is 0 Å². The SMILES string of the molecule is CC(C)CONC1CCCc2cc(O)ccc21. The van der Waals surface area contributed by atoms with Gasteiger partial charge in [-0.25, -0.2) is 0 Å². The first-order valence-corrected chi connectivity index (χ1v) is 6.36. The number of phenolic OH excluding ortho intramolecular Hbond substituents is 1. The molecule has 1 aliphatic carbocycles. The molecule has 0 spiro atoms. The van der Waals surface area contributed by atoms with Gasteiger partial charge in [0.05, 0.1) is 12.6 Å². The van der Waals surface area contributed by atoms with E-state index >= 15 is 0 Å². The number of nitrogens with one attached hydrogen (secondary N) is 1. The van der Waals surface area contributed by atoms with Gasteiger partial charge in [-0.1, -0.05) is 19.9 Å². The van der Waals surface area contributed by atoms with Gasteiger partial charge in [0, 0.05) is 0 Å². The Morgan fingerprint density at radius 1 is 1.47 bits per heavy atom. The number of hydrogen-bond donors (Lipinski definition) is 2. The van der Waals surface area contributed by atoms with Crippen molar-refractivity contribution in [3.8, 4) is 5.75 Å². The summed E-state index contributed by atoms with van der Waals surface area (Å²) in [4.78, 5) is 5.51. The first kappa shape index (κ1) is 12.4. The van der Waals surface area contributed by atoms with Crippen molar-refractivity contribution in [3.63, 3.8) is 0 Å². The highest BCUT2D eigenvalue weighted by Gasteiger charge is 2.20. The maximum absolute atomic E-state index is 9.47. The minimum atomic E-state index is 0.262. The third-order valence-electron chi connectivity index (χ3n) is 3.08. The van der Waals surface area contributed by atoms with Gasteiger partial charge in [0.2, 0.25) is 0 Å². The Morgan fingerprint density at radius 3 is 3.06 bits per heavy atom. The molecular weight excluding hydrogens is 214 g/mol. The zero-order chi connectivity index (χ0) is 12.3. The molecule has 0 saturated heterocycles. The van der Waals surface area contributed by atoms with Crippen molar-refractivity contribution < 1.29 is 9.94 Å². The zero-order valence-corrected chi connectivity index (χ0v) is 10.6. The Bertz CT molecular complexity index is 376. The van der Waals surface area contributed by atoms with Gasteiger partial charge in [-0.2, -0.15) is 5.48 Å². The van der Waals surface area contributed by atoms with E-state index in [1.165, 1.54) is 11.1 Å². The molecule has 3 heteroatoms. The molecule has 17 heavy (non-hydrogen) atoms. The molecule has 1 aromatic rings. The average molecular weight is 235 g/mol. The van der Waals surface area contributed by atoms with E-state index in [4.69, 9.17) is 4.84 Å². The number of benzene rings is 1. The van der Waals surface area contributed by atoms with Crippen LogP contribution in [0.15, 0.2) is 18.2 Å². The molecule has 0 fully saturated rings. The fourth-order valence-electron chi connectivity index (χ4n) is 2.24. The fraction of sp³-hybridized carbons (Fsp3) is 0.571. The second-order valence-electron chi connectivity index (χ2n) is 5.15. The van der Waals surface area contributed by atoms with Gasteiger partial charge in [-0.3, -0.25) is 0 Å². The molecule has 0 saturated carbocycles. The van der Waals surface area contributed by atoms with Gasteiger partial charge in [-0.05, 0) is 48.4 Å². The van der Waals surface area contributed by atoms with Crippen molar-refractivity contribution >= 4 is 0 Å². The van der Waals surface area contributed by atoms with Crippen LogP contribution >= 0.6 is 0 Å². The highest BCUT2D eigenvalue weighted by atomic mass is 16.6. The summed E-state index contributed by atoms with van der Waals surface area (Å²) in [5.74, 6) is 0.887. The molecule has 0 bridgehead atoms. The monoisotopic (exact) mass is 235 g/mol. The number of aryl methyl sites for hydroxylation is 1. The van der Waals surface area contributed by atoms with E-state index < -0.39 is 0 Å². The second-order valence-corrected chi connectivity index (χ2v) is 5.15. The lowest BCUT2D eigenvalue weighted by Gasteiger charge is -2.26. The lowest BCUT2D eigenvalue weighted by molar-refractivity contribution is -0.00334. The quantitative estimate of drug-likeness (QED) is 0.788. The van der Waals surface area contributed by atoms with Crippen LogP contribution in [0.3, 0.4) is 0 Å². The molecule has 2 N–H and O–H groups in total. The zero-order valence-electron chi connectivity index (χ0n) is 10.6. The number of rotatable bonds is 4. The molecule has 3 nitrogen and oxygen atoms in total. The molecule has 0 aromatic heterocycles. The van der Waals surface area contributed by atoms with Crippen LogP contribution in [0.4, 0.5) is 0 Å². The lowest BCUT2D eigenvalue weighted by Crippen LogP contribution is -2.26. The van der Waals surface area contributed by atoms with Crippen molar-refractivity contribution in [2.45, 2.75) is 39.2 Å². The van der Waals surface area contributed by atoms with Crippen LogP contribution in [0.1, 0.15) is 43.9 Å². The largest absolute Gasteiger partial charge is 0.508 e. The molecule has 1 atom stereocenters. The van der Waals surface area contributed by atoms with Gasteiger partial charge in [-0.15, -0.1) is 0 Å². The Morgan fingerprint density at radius 2 is 2.29 bits per heavy atom. The van der Waals surface area contributed by atoms with Gasteiger partial charge >= 0.3 is 0 Å². The van der Waals surface area contributed by atoms with Crippen LogP contribution in [0, 0.1) is 5.92 Å². The highest BCUT2D eigenvalue weighted by Crippen LogP contribution is 2.31. The van der Waals surface area contributed by atoms with Crippen LogP contribution in [0.2, 0.25) is 0 Å². The van der Waals surface area contributed by atoms with Crippen LogP contribution < -0.4 is 5.48 Å². The number of hydroxylamine groups is 1. The molecule has 1 unspecified atom stereocenters. The van der Waals surface area contributed by atoms with Crippen LogP contribution in [-0.2, 0) is 11.3 Å². The molecule has 0 heterocycles. The van der Waals surface area contributed by atoms with Crippen molar-refractivity contribution in [3.05, 3.63) is 29.3 Å². The van der Waals surface area contributed by atoms with Crippen molar-refractivity contribution in [1.29, 1.82) is 0 Å². The van der Waals surface area contributed by atoms with E-state index in [1.54, 1.807) is 6.07 Å². The fourth-order valence-corrected chi connectivity index (χ4v) is 2.24. The molecule has 1 aliphatic rings. The van der Waals surface area contributed by atoms with Gasteiger partial charge in [0.25, 0.3) is 0 Å². The Hall–Kier alpha value is -1.06. The van der Waals surface area contributed by atoms with Gasteiger partial charge in [0.15, 0.2) is 0 Å². The summed E-state index contributed by atoms with van der Waals surface area (Å²) in [5.41, 5.74) is 5.65. The summed E-state index contributed by atoms with van der Waals surface area (Å²) in [5, 5.41) is 9.47. The maximum Gasteiger partial charge on any atom is 0.115 e. The van der Waals surface area contributed by atoms with E-state index in [0.29, 0.717) is 11.7 Å². The minimum absolute atomic E-state index is 0.262. The molecule has 1 aromatic carbocycles. The molecule has 0 radical (unpaired) electrons. The topological polar surface area (TPSA) is 41.5 Å². The van der Waals surface area contributed by atoms with Crippen molar-refractivity contribution in [2.24, 2.45) is 5.92 Å². The van der Waals surface area contributed by atoms with Gasteiger partial charge < -0.3 is 9.94 Å². The lowest BCUT2D eigenvalue weighted by atomic mass is 9.88.